The summed E-state index contributed by atoms with van der Waals surface area (Å²) in [5, 5.41) is 4.56. The molecule has 0 saturated heterocycles. The van der Waals surface area contributed by atoms with Crippen LogP contribution >= 0.6 is 0 Å². The number of methoxy groups -OCH3 is 1. The third kappa shape index (κ3) is 4.89. The number of hydrogen-bond acceptors (Lipinski definition) is 6. The van der Waals surface area contributed by atoms with Crippen molar-refractivity contribution in [3.8, 4) is 0 Å². The fourth-order valence-electron chi connectivity index (χ4n) is 5.81. The third-order valence-electron chi connectivity index (χ3n) is 7.34. The molecule has 3 saturated carbocycles. The highest BCUT2D eigenvalue weighted by Gasteiger charge is 2.49. The van der Waals surface area contributed by atoms with Crippen LogP contribution in [0.3, 0.4) is 0 Å². The van der Waals surface area contributed by atoms with Crippen molar-refractivity contribution < 1.29 is 23.6 Å². The van der Waals surface area contributed by atoms with Crippen LogP contribution in [0.15, 0.2) is 4.52 Å². The van der Waals surface area contributed by atoms with E-state index in [0.717, 1.165) is 49.0 Å². The first-order valence-electron chi connectivity index (χ1n) is 12.4. The summed E-state index contributed by atoms with van der Waals surface area (Å²) in [5.74, 6) is 2.08. The summed E-state index contributed by atoms with van der Waals surface area (Å²) >= 11 is 0. The Morgan fingerprint density at radius 2 is 1.75 bits per heavy atom. The lowest BCUT2D eigenvalue weighted by Gasteiger charge is -2.35. The maximum Gasteiger partial charge on any atom is 0.310 e. The molecule has 0 N–H and O–H groups in total. The van der Waals surface area contributed by atoms with E-state index >= 15 is 0 Å². The van der Waals surface area contributed by atoms with Gasteiger partial charge in [-0.3, -0.25) is 9.59 Å². The fourth-order valence-corrected chi connectivity index (χ4v) is 5.81. The number of aromatic nitrogens is 1. The topological polar surface area (TPSA) is 78.6 Å². The van der Waals surface area contributed by atoms with E-state index in [9.17, 15) is 9.59 Å². The van der Waals surface area contributed by atoms with Gasteiger partial charge >= 0.3 is 11.9 Å². The van der Waals surface area contributed by atoms with E-state index in [1.165, 1.54) is 19.1 Å². The minimum absolute atomic E-state index is 0.159. The van der Waals surface area contributed by atoms with Crippen LogP contribution in [-0.2, 0) is 19.1 Å². The molecule has 0 aliphatic heterocycles. The van der Waals surface area contributed by atoms with Gasteiger partial charge in [0.15, 0.2) is 0 Å². The van der Waals surface area contributed by atoms with E-state index in [4.69, 9.17) is 14.0 Å². The molecule has 0 aromatic carbocycles. The van der Waals surface area contributed by atoms with Crippen molar-refractivity contribution in [3.05, 3.63) is 17.0 Å². The monoisotopic (exact) mass is 445 g/mol. The van der Waals surface area contributed by atoms with Crippen molar-refractivity contribution in [3.63, 3.8) is 0 Å². The van der Waals surface area contributed by atoms with Crippen LogP contribution < -0.4 is 0 Å². The molecule has 0 bridgehead atoms. The average molecular weight is 446 g/mol. The second-order valence-corrected chi connectivity index (χ2v) is 11.7. The van der Waals surface area contributed by atoms with Crippen molar-refractivity contribution in [1.29, 1.82) is 0 Å². The zero-order valence-electron chi connectivity index (χ0n) is 20.5. The van der Waals surface area contributed by atoms with E-state index in [0.29, 0.717) is 24.7 Å². The highest BCUT2D eigenvalue weighted by molar-refractivity contribution is 5.79. The van der Waals surface area contributed by atoms with Crippen LogP contribution in [0.4, 0.5) is 0 Å². The molecule has 178 valence electrons. The lowest BCUT2D eigenvalue weighted by Crippen LogP contribution is -2.30. The molecule has 3 atom stereocenters. The number of nitrogens with zero attached hydrogens (tertiary/aromatic N) is 1. The Kier molecular flexibility index (Phi) is 6.43. The molecule has 0 amide bonds. The van der Waals surface area contributed by atoms with Gasteiger partial charge < -0.3 is 14.0 Å². The Bertz CT molecular complexity index is 841. The predicted octanol–water partition coefficient (Wildman–Crippen LogP) is 5.72. The Labute approximate surface area is 191 Å². The normalized spacial score (nSPS) is 30.3. The van der Waals surface area contributed by atoms with Gasteiger partial charge in [0.1, 0.15) is 11.4 Å². The largest absolute Gasteiger partial charge is 0.469 e. The Balaban J connectivity index is 1.59. The summed E-state index contributed by atoms with van der Waals surface area (Å²) < 4.78 is 16.8. The SMILES string of the molecule is COC(=O)C1CC(c2noc(C3CC(CC(C)C)C3)c2C2CC2)[C@@H](C(=O)OC(C)(C)C)C1. The zero-order chi connectivity index (χ0) is 23.2. The van der Waals surface area contributed by atoms with Crippen molar-refractivity contribution in [1.82, 2.24) is 5.16 Å². The molecule has 3 aliphatic rings. The molecule has 6 heteroatoms. The highest BCUT2D eigenvalue weighted by Crippen LogP contribution is 2.55. The first kappa shape index (κ1) is 23.3. The fraction of sp³-hybridized carbons (Fsp3) is 0.808. The number of esters is 2. The molecule has 4 rings (SSSR count). The zero-order valence-corrected chi connectivity index (χ0v) is 20.5. The number of carbonyl (C=O) groups is 2. The van der Waals surface area contributed by atoms with E-state index in [2.05, 4.69) is 19.0 Å². The van der Waals surface area contributed by atoms with Gasteiger partial charge in [0.05, 0.1) is 24.6 Å². The summed E-state index contributed by atoms with van der Waals surface area (Å²) in [6, 6.07) is 0. The molecule has 1 heterocycles. The summed E-state index contributed by atoms with van der Waals surface area (Å²) in [7, 11) is 1.41. The van der Waals surface area contributed by atoms with Crippen LogP contribution in [0.1, 0.15) is 114 Å². The van der Waals surface area contributed by atoms with E-state index in [-0.39, 0.29) is 23.8 Å². The third-order valence-corrected chi connectivity index (χ3v) is 7.34. The molecular weight excluding hydrogens is 406 g/mol. The Hall–Kier alpha value is -1.85. The molecule has 1 aromatic rings. The molecule has 0 radical (unpaired) electrons. The van der Waals surface area contributed by atoms with Gasteiger partial charge in [0, 0.05) is 17.4 Å². The summed E-state index contributed by atoms with van der Waals surface area (Å²) in [6.45, 7) is 10.2. The van der Waals surface area contributed by atoms with Crippen molar-refractivity contribution in [2.24, 2.45) is 23.7 Å². The number of hydrogen-bond donors (Lipinski definition) is 0. The van der Waals surface area contributed by atoms with Crippen molar-refractivity contribution >= 4 is 11.9 Å². The Morgan fingerprint density at radius 3 is 2.31 bits per heavy atom. The van der Waals surface area contributed by atoms with Crippen molar-refractivity contribution in [2.75, 3.05) is 7.11 Å². The molecule has 32 heavy (non-hydrogen) atoms. The van der Waals surface area contributed by atoms with Gasteiger partial charge in [-0.05, 0) is 83.5 Å². The average Bonchev–Trinajstić information content (AvgIpc) is 3.25. The van der Waals surface area contributed by atoms with E-state index < -0.39 is 11.5 Å². The number of rotatable bonds is 7. The number of carbonyl (C=O) groups excluding carboxylic acids is 2. The summed E-state index contributed by atoms with van der Waals surface area (Å²) in [6.07, 6.45) is 6.89. The quantitative estimate of drug-likeness (QED) is 0.500. The second-order valence-electron chi connectivity index (χ2n) is 11.7. The van der Waals surface area contributed by atoms with Crippen LogP contribution in [0.25, 0.3) is 0 Å². The van der Waals surface area contributed by atoms with Crippen LogP contribution in [0.5, 0.6) is 0 Å². The van der Waals surface area contributed by atoms with Crippen LogP contribution in [-0.4, -0.2) is 29.8 Å². The smallest absolute Gasteiger partial charge is 0.310 e. The number of ether oxygens (including phenoxy) is 2. The second kappa shape index (κ2) is 8.83. The molecule has 3 fully saturated rings. The van der Waals surface area contributed by atoms with Gasteiger partial charge in [-0.1, -0.05) is 19.0 Å². The lowest BCUT2D eigenvalue weighted by molar-refractivity contribution is -0.160. The summed E-state index contributed by atoms with van der Waals surface area (Å²) in [5.41, 5.74) is 1.57. The maximum atomic E-state index is 13.1. The Morgan fingerprint density at radius 1 is 1.06 bits per heavy atom. The maximum absolute atomic E-state index is 13.1. The van der Waals surface area contributed by atoms with Gasteiger partial charge in [-0.2, -0.15) is 0 Å². The summed E-state index contributed by atoms with van der Waals surface area (Å²) in [4.78, 5) is 25.5. The molecule has 0 spiro atoms. The van der Waals surface area contributed by atoms with Crippen molar-refractivity contribution in [2.45, 2.75) is 103 Å². The van der Waals surface area contributed by atoms with Crippen LogP contribution in [0.2, 0.25) is 0 Å². The standard InChI is InChI=1S/C26H39NO5/c1-14(2)9-15-10-17(11-15)23-21(16-7-8-16)22(27-32-23)19-12-18(24(28)30-6)13-20(19)25(29)31-26(3,4)5/h14-20H,7-13H2,1-6H3/t15?,17?,18?,19?,20-/m0/s1. The highest BCUT2D eigenvalue weighted by atomic mass is 16.6. The van der Waals surface area contributed by atoms with Gasteiger partial charge in [0.25, 0.3) is 0 Å². The molecule has 1 aromatic heterocycles. The minimum atomic E-state index is -0.573. The predicted molar refractivity (Wildman–Crippen MR) is 120 cm³/mol. The molecular formula is C26H39NO5. The first-order chi connectivity index (χ1) is 15.1. The van der Waals surface area contributed by atoms with Gasteiger partial charge in [-0.25, -0.2) is 0 Å². The minimum Gasteiger partial charge on any atom is -0.469 e. The molecule has 6 nitrogen and oxygen atoms in total. The molecule has 3 aliphatic carbocycles. The lowest BCUT2D eigenvalue weighted by atomic mass is 9.69. The van der Waals surface area contributed by atoms with E-state index in [1.807, 2.05) is 20.8 Å². The van der Waals surface area contributed by atoms with Gasteiger partial charge in [0.2, 0.25) is 0 Å². The van der Waals surface area contributed by atoms with Crippen LogP contribution in [0, 0.1) is 23.7 Å². The first-order valence-corrected chi connectivity index (χ1v) is 12.4. The van der Waals surface area contributed by atoms with Gasteiger partial charge in [-0.15, -0.1) is 0 Å². The molecule has 2 unspecified atom stereocenters. The van der Waals surface area contributed by atoms with E-state index in [1.54, 1.807) is 0 Å².